The van der Waals surface area contributed by atoms with Gasteiger partial charge in [0.2, 0.25) is 5.89 Å². The molecule has 0 aliphatic carbocycles. The molecule has 0 radical (unpaired) electrons. The van der Waals surface area contributed by atoms with Crippen LogP contribution in [0.5, 0.6) is 0 Å². The Morgan fingerprint density at radius 1 is 1.25 bits per heavy atom. The highest BCUT2D eigenvalue weighted by molar-refractivity contribution is 5.24. The van der Waals surface area contributed by atoms with E-state index in [1.165, 1.54) is 5.56 Å². The second-order valence-corrected chi connectivity index (χ2v) is 5.73. The smallest absolute Gasteiger partial charge is 0.232 e. The summed E-state index contributed by atoms with van der Waals surface area (Å²) >= 11 is 0. The van der Waals surface area contributed by atoms with Crippen LogP contribution in [0.1, 0.15) is 49.5 Å². The van der Waals surface area contributed by atoms with Gasteiger partial charge >= 0.3 is 0 Å². The largest absolute Gasteiger partial charge is 0.393 e. The van der Waals surface area contributed by atoms with Crippen molar-refractivity contribution in [2.24, 2.45) is 5.92 Å². The molecule has 2 aromatic rings. The molecule has 1 aromatic carbocycles. The molecule has 0 spiro atoms. The molecule has 4 nitrogen and oxygen atoms in total. The maximum Gasteiger partial charge on any atom is 0.232 e. The van der Waals surface area contributed by atoms with E-state index in [2.05, 4.69) is 35.3 Å². The van der Waals surface area contributed by atoms with E-state index in [1.54, 1.807) is 6.92 Å². The van der Waals surface area contributed by atoms with Crippen molar-refractivity contribution in [3.05, 3.63) is 47.1 Å². The zero-order valence-electron chi connectivity index (χ0n) is 12.5. The van der Waals surface area contributed by atoms with Gasteiger partial charge in [0, 0.05) is 6.42 Å². The van der Waals surface area contributed by atoms with Gasteiger partial charge in [-0.05, 0) is 25.3 Å². The van der Waals surface area contributed by atoms with Crippen LogP contribution in [0.3, 0.4) is 0 Å². The van der Waals surface area contributed by atoms with Gasteiger partial charge in [-0.3, -0.25) is 0 Å². The van der Waals surface area contributed by atoms with Gasteiger partial charge < -0.3 is 9.63 Å². The quantitative estimate of drug-likeness (QED) is 0.910. The van der Waals surface area contributed by atoms with Gasteiger partial charge in [0.1, 0.15) is 0 Å². The lowest BCUT2D eigenvalue weighted by Crippen LogP contribution is -2.20. The number of nitrogens with zero attached hydrogens (tertiary/aromatic N) is 2. The van der Waals surface area contributed by atoms with Crippen molar-refractivity contribution in [3.63, 3.8) is 0 Å². The Bertz CT molecular complexity index is 553. The number of aliphatic hydroxyl groups is 1. The third-order valence-corrected chi connectivity index (χ3v) is 3.45. The van der Waals surface area contributed by atoms with Crippen LogP contribution in [0.4, 0.5) is 0 Å². The zero-order chi connectivity index (χ0) is 14.7. The Labute approximate surface area is 119 Å². The molecule has 1 heterocycles. The van der Waals surface area contributed by atoms with Gasteiger partial charge in [-0.1, -0.05) is 48.8 Å². The van der Waals surface area contributed by atoms with E-state index in [9.17, 15) is 5.11 Å². The SMILES string of the molecule is Cc1cccc(Cc2noc(C(C(C)C)C(C)O)n2)c1. The van der Waals surface area contributed by atoms with Crippen LogP contribution in [0.15, 0.2) is 28.8 Å². The lowest BCUT2D eigenvalue weighted by molar-refractivity contribution is 0.120. The lowest BCUT2D eigenvalue weighted by atomic mass is 9.91. The van der Waals surface area contributed by atoms with Crippen LogP contribution >= 0.6 is 0 Å². The molecule has 1 aromatic heterocycles. The van der Waals surface area contributed by atoms with E-state index in [1.807, 2.05) is 19.9 Å². The summed E-state index contributed by atoms with van der Waals surface area (Å²) in [5.41, 5.74) is 2.38. The molecule has 1 N–H and O–H groups in total. The predicted octanol–water partition coefficient (Wildman–Crippen LogP) is 3.09. The second kappa shape index (κ2) is 6.18. The summed E-state index contributed by atoms with van der Waals surface area (Å²) in [5.74, 6) is 1.32. The highest BCUT2D eigenvalue weighted by atomic mass is 16.5. The number of hydrogen-bond acceptors (Lipinski definition) is 4. The van der Waals surface area contributed by atoms with Crippen LogP contribution in [-0.4, -0.2) is 21.4 Å². The highest BCUT2D eigenvalue weighted by Crippen LogP contribution is 2.26. The third-order valence-electron chi connectivity index (χ3n) is 3.45. The van der Waals surface area contributed by atoms with Crippen LogP contribution in [0.25, 0.3) is 0 Å². The van der Waals surface area contributed by atoms with Crippen molar-refractivity contribution in [2.75, 3.05) is 0 Å². The minimum absolute atomic E-state index is 0.117. The number of hydrogen-bond donors (Lipinski definition) is 1. The summed E-state index contributed by atoms with van der Waals surface area (Å²) in [5, 5.41) is 13.9. The molecule has 0 fully saturated rings. The second-order valence-electron chi connectivity index (χ2n) is 5.73. The number of aliphatic hydroxyl groups excluding tert-OH is 1. The molecule has 0 saturated carbocycles. The fourth-order valence-corrected chi connectivity index (χ4v) is 2.53. The summed E-state index contributed by atoms with van der Waals surface area (Å²) < 4.78 is 5.33. The molecule has 108 valence electrons. The third kappa shape index (κ3) is 3.45. The van der Waals surface area contributed by atoms with E-state index in [-0.39, 0.29) is 11.8 Å². The van der Waals surface area contributed by atoms with Crippen molar-refractivity contribution in [3.8, 4) is 0 Å². The molecule has 20 heavy (non-hydrogen) atoms. The van der Waals surface area contributed by atoms with Crippen molar-refractivity contribution >= 4 is 0 Å². The van der Waals surface area contributed by atoms with Crippen molar-refractivity contribution in [1.82, 2.24) is 10.1 Å². The van der Waals surface area contributed by atoms with Crippen LogP contribution < -0.4 is 0 Å². The first kappa shape index (κ1) is 14.7. The zero-order valence-corrected chi connectivity index (χ0v) is 12.5. The summed E-state index contributed by atoms with van der Waals surface area (Å²) in [6.45, 7) is 7.91. The van der Waals surface area contributed by atoms with Crippen molar-refractivity contribution in [2.45, 2.75) is 46.1 Å². The molecular weight excluding hydrogens is 252 g/mol. The molecule has 2 unspecified atom stereocenters. The molecule has 0 saturated heterocycles. The lowest BCUT2D eigenvalue weighted by Gasteiger charge is -2.19. The molecule has 0 aliphatic heterocycles. The number of aryl methyl sites for hydroxylation is 1. The standard InChI is InChI=1S/C16H22N2O2/c1-10(2)15(12(4)19)16-17-14(18-20-16)9-13-7-5-6-11(3)8-13/h5-8,10,12,15,19H,9H2,1-4H3. The first-order valence-corrected chi connectivity index (χ1v) is 7.03. The van der Waals surface area contributed by atoms with Gasteiger partial charge in [0.05, 0.1) is 12.0 Å². The summed E-state index contributed by atoms with van der Waals surface area (Å²) in [6, 6.07) is 8.26. The van der Waals surface area contributed by atoms with Gasteiger partial charge in [0.15, 0.2) is 5.82 Å². The van der Waals surface area contributed by atoms with E-state index < -0.39 is 6.10 Å². The number of benzene rings is 1. The maximum absolute atomic E-state index is 9.84. The fourth-order valence-electron chi connectivity index (χ4n) is 2.53. The van der Waals surface area contributed by atoms with Crippen LogP contribution in [0, 0.1) is 12.8 Å². The molecule has 0 bridgehead atoms. The fraction of sp³-hybridized carbons (Fsp3) is 0.500. The first-order valence-electron chi connectivity index (χ1n) is 7.03. The average Bonchev–Trinajstić information content (AvgIpc) is 2.76. The molecular formula is C16H22N2O2. The molecule has 0 aliphatic rings. The van der Waals surface area contributed by atoms with E-state index in [4.69, 9.17) is 4.52 Å². The maximum atomic E-state index is 9.84. The Morgan fingerprint density at radius 3 is 2.60 bits per heavy atom. The Hall–Kier alpha value is -1.68. The minimum Gasteiger partial charge on any atom is -0.393 e. The monoisotopic (exact) mass is 274 g/mol. The van der Waals surface area contributed by atoms with Crippen molar-refractivity contribution in [1.29, 1.82) is 0 Å². The van der Waals surface area contributed by atoms with E-state index in [0.29, 0.717) is 18.1 Å². The van der Waals surface area contributed by atoms with Crippen LogP contribution in [0.2, 0.25) is 0 Å². The number of rotatable bonds is 5. The highest BCUT2D eigenvalue weighted by Gasteiger charge is 2.27. The molecule has 2 rings (SSSR count). The molecule has 4 heteroatoms. The van der Waals surface area contributed by atoms with Crippen LogP contribution in [-0.2, 0) is 6.42 Å². The number of aromatic nitrogens is 2. The van der Waals surface area contributed by atoms with E-state index in [0.717, 1.165) is 5.56 Å². The normalized spacial score (nSPS) is 14.5. The summed E-state index contributed by atoms with van der Waals surface area (Å²) in [4.78, 5) is 4.44. The van der Waals surface area contributed by atoms with Gasteiger partial charge in [0.25, 0.3) is 0 Å². The predicted molar refractivity (Wildman–Crippen MR) is 77.5 cm³/mol. The first-order chi connectivity index (χ1) is 9.47. The van der Waals surface area contributed by atoms with E-state index >= 15 is 0 Å². The van der Waals surface area contributed by atoms with Gasteiger partial charge in [-0.15, -0.1) is 0 Å². The minimum atomic E-state index is -0.498. The molecule has 0 amide bonds. The average molecular weight is 274 g/mol. The van der Waals surface area contributed by atoms with Gasteiger partial charge in [-0.25, -0.2) is 0 Å². The van der Waals surface area contributed by atoms with Gasteiger partial charge in [-0.2, -0.15) is 4.98 Å². The summed E-state index contributed by atoms with van der Waals surface area (Å²) in [7, 11) is 0. The topological polar surface area (TPSA) is 59.2 Å². The Kier molecular flexibility index (Phi) is 4.55. The Morgan fingerprint density at radius 2 is 2.00 bits per heavy atom. The molecule has 2 atom stereocenters. The summed E-state index contributed by atoms with van der Waals surface area (Å²) in [6.07, 6.45) is 0.151. The Balaban J connectivity index is 2.16. The van der Waals surface area contributed by atoms with Crippen molar-refractivity contribution < 1.29 is 9.63 Å².